The van der Waals surface area contributed by atoms with Crippen LogP contribution in [0.1, 0.15) is 19.8 Å². The van der Waals surface area contributed by atoms with Crippen LogP contribution in [-0.4, -0.2) is 42.9 Å². The van der Waals surface area contributed by atoms with Gasteiger partial charge in [0.25, 0.3) is 0 Å². The van der Waals surface area contributed by atoms with Gasteiger partial charge in [-0.15, -0.1) is 0 Å². The first-order valence-corrected chi connectivity index (χ1v) is 7.45. The van der Waals surface area contributed by atoms with E-state index < -0.39 is 0 Å². The first kappa shape index (κ1) is 15.3. The van der Waals surface area contributed by atoms with E-state index in [9.17, 15) is 9.50 Å². The molecule has 3 nitrogen and oxygen atoms in total. The van der Waals surface area contributed by atoms with Gasteiger partial charge in [0.05, 0.1) is 6.61 Å². The van der Waals surface area contributed by atoms with Crippen LogP contribution in [0.15, 0.2) is 24.3 Å². The third-order valence-electron chi connectivity index (χ3n) is 4.27. The summed E-state index contributed by atoms with van der Waals surface area (Å²) in [5.41, 5.74) is 0. The maximum atomic E-state index is 13.5. The summed E-state index contributed by atoms with van der Waals surface area (Å²) in [6.45, 7) is 5.90. The summed E-state index contributed by atoms with van der Waals surface area (Å²) in [4.78, 5) is 2.42. The average Bonchev–Trinajstić information content (AvgIpc) is 2.50. The van der Waals surface area contributed by atoms with Gasteiger partial charge in [-0.2, -0.15) is 0 Å². The Morgan fingerprint density at radius 3 is 2.65 bits per heavy atom. The zero-order valence-corrected chi connectivity index (χ0v) is 12.1. The molecule has 4 heteroatoms. The van der Waals surface area contributed by atoms with Crippen molar-refractivity contribution in [3.63, 3.8) is 0 Å². The summed E-state index contributed by atoms with van der Waals surface area (Å²) in [7, 11) is 0. The number of rotatable bonds is 6. The van der Waals surface area contributed by atoms with Gasteiger partial charge in [0.1, 0.15) is 0 Å². The van der Waals surface area contributed by atoms with Gasteiger partial charge in [0.15, 0.2) is 11.6 Å². The highest BCUT2D eigenvalue weighted by molar-refractivity contribution is 5.23. The molecule has 1 unspecified atom stereocenters. The zero-order chi connectivity index (χ0) is 14.4. The predicted molar refractivity (Wildman–Crippen MR) is 77.3 cm³/mol. The Morgan fingerprint density at radius 1 is 1.35 bits per heavy atom. The molecule has 2 rings (SSSR count). The van der Waals surface area contributed by atoms with Crippen LogP contribution < -0.4 is 4.74 Å². The van der Waals surface area contributed by atoms with Crippen LogP contribution in [0.5, 0.6) is 5.75 Å². The van der Waals surface area contributed by atoms with E-state index in [0.29, 0.717) is 12.5 Å². The molecule has 0 aromatic heterocycles. The molecule has 1 aromatic rings. The number of hydrogen-bond donors (Lipinski definition) is 1. The Hall–Kier alpha value is -1.13. The van der Waals surface area contributed by atoms with Crippen LogP contribution in [0, 0.1) is 17.7 Å². The lowest BCUT2D eigenvalue weighted by atomic mass is 9.85. The first-order chi connectivity index (χ1) is 9.74. The van der Waals surface area contributed by atoms with E-state index in [1.54, 1.807) is 18.2 Å². The molecule has 0 radical (unpaired) electrons. The van der Waals surface area contributed by atoms with Crippen LogP contribution in [0.2, 0.25) is 0 Å². The number of benzene rings is 1. The number of likely N-dealkylation sites (tertiary alicyclic amines) is 1. The van der Waals surface area contributed by atoms with Crippen LogP contribution in [0.25, 0.3) is 0 Å². The van der Waals surface area contributed by atoms with Crippen LogP contribution in [0.3, 0.4) is 0 Å². The van der Waals surface area contributed by atoms with Crippen molar-refractivity contribution in [2.75, 3.05) is 32.8 Å². The maximum absolute atomic E-state index is 13.5. The quantitative estimate of drug-likeness (QED) is 0.870. The maximum Gasteiger partial charge on any atom is 0.165 e. The Morgan fingerprint density at radius 2 is 2.05 bits per heavy atom. The molecule has 1 aliphatic rings. The molecule has 0 spiro atoms. The number of piperidine rings is 1. The predicted octanol–water partition coefficient (Wildman–Crippen LogP) is 2.54. The van der Waals surface area contributed by atoms with Crippen molar-refractivity contribution < 1.29 is 14.2 Å². The molecule has 1 aromatic carbocycles. The number of nitrogens with zero attached hydrogens (tertiary/aromatic N) is 1. The summed E-state index contributed by atoms with van der Waals surface area (Å²) in [6.07, 6.45) is 2.17. The molecule has 1 aliphatic heterocycles. The summed E-state index contributed by atoms with van der Waals surface area (Å²) in [6, 6.07) is 6.42. The lowest BCUT2D eigenvalue weighted by molar-refractivity contribution is 0.0744. The third-order valence-corrected chi connectivity index (χ3v) is 4.27. The Bertz CT molecular complexity index is 405. The second-order valence-electron chi connectivity index (χ2n) is 5.46. The minimum atomic E-state index is -0.343. The van der Waals surface area contributed by atoms with Gasteiger partial charge in [0.2, 0.25) is 0 Å². The van der Waals surface area contributed by atoms with Crippen LogP contribution >= 0.6 is 0 Å². The fourth-order valence-corrected chi connectivity index (χ4v) is 2.84. The molecule has 20 heavy (non-hydrogen) atoms. The first-order valence-electron chi connectivity index (χ1n) is 7.45. The fourth-order valence-electron chi connectivity index (χ4n) is 2.84. The van der Waals surface area contributed by atoms with Gasteiger partial charge in [0, 0.05) is 12.5 Å². The number of ether oxygens (including phenoxy) is 1. The topological polar surface area (TPSA) is 32.7 Å². The van der Waals surface area contributed by atoms with Crippen molar-refractivity contribution in [2.24, 2.45) is 11.8 Å². The highest BCUT2D eigenvalue weighted by Crippen LogP contribution is 2.26. The van der Waals surface area contributed by atoms with E-state index in [1.807, 2.05) is 0 Å². The molecule has 0 saturated carbocycles. The van der Waals surface area contributed by atoms with Crippen molar-refractivity contribution in [2.45, 2.75) is 19.8 Å². The van der Waals surface area contributed by atoms with Crippen molar-refractivity contribution in [1.29, 1.82) is 0 Å². The van der Waals surface area contributed by atoms with Crippen molar-refractivity contribution in [3.05, 3.63) is 30.1 Å². The number of hydrogen-bond acceptors (Lipinski definition) is 3. The summed E-state index contributed by atoms with van der Waals surface area (Å²) >= 11 is 0. The lowest BCUT2D eigenvalue weighted by Crippen LogP contribution is -2.38. The Labute approximate surface area is 120 Å². The molecule has 0 bridgehead atoms. The van der Waals surface area contributed by atoms with Crippen LogP contribution in [-0.2, 0) is 0 Å². The van der Waals surface area contributed by atoms with Gasteiger partial charge in [-0.25, -0.2) is 4.39 Å². The summed E-state index contributed by atoms with van der Waals surface area (Å²) in [5, 5.41) is 9.56. The van der Waals surface area contributed by atoms with E-state index in [0.717, 1.165) is 32.5 Å². The third kappa shape index (κ3) is 3.93. The Kier molecular flexibility index (Phi) is 5.80. The number of aliphatic hydroxyl groups is 1. The second kappa shape index (κ2) is 7.60. The second-order valence-corrected chi connectivity index (χ2v) is 5.46. The molecule has 112 valence electrons. The molecular formula is C16H24FNO2. The molecule has 1 saturated heterocycles. The molecule has 1 atom stereocenters. The summed E-state index contributed by atoms with van der Waals surface area (Å²) in [5.74, 6) is 0.491. The molecular weight excluding hydrogens is 257 g/mol. The largest absolute Gasteiger partial charge is 0.490 e. The minimum Gasteiger partial charge on any atom is -0.490 e. The monoisotopic (exact) mass is 281 g/mol. The van der Waals surface area contributed by atoms with Gasteiger partial charge < -0.3 is 14.7 Å². The van der Waals surface area contributed by atoms with Crippen molar-refractivity contribution in [1.82, 2.24) is 4.90 Å². The molecule has 1 fully saturated rings. The molecule has 0 amide bonds. The summed E-state index contributed by atoms with van der Waals surface area (Å²) < 4.78 is 19.0. The molecule has 1 heterocycles. The van der Waals surface area contributed by atoms with E-state index in [2.05, 4.69) is 11.8 Å². The van der Waals surface area contributed by atoms with E-state index in [-0.39, 0.29) is 24.1 Å². The Balaban J connectivity index is 1.85. The van der Waals surface area contributed by atoms with Crippen molar-refractivity contribution >= 4 is 0 Å². The minimum absolute atomic E-state index is 0.0913. The SMILES string of the molecule is CCN1CCC(C(CO)COc2ccccc2F)CC1. The van der Waals surface area contributed by atoms with E-state index >= 15 is 0 Å². The molecule has 1 N–H and O–H groups in total. The lowest BCUT2D eigenvalue weighted by Gasteiger charge is -2.34. The van der Waals surface area contributed by atoms with Gasteiger partial charge in [-0.1, -0.05) is 19.1 Å². The van der Waals surface area contributed by atoms with Gasteiger partial charge >= 0.3 is 0 Å². The molecule has 0 aliphatic carbocycles. The van der Waals surface area contributed by atoms with Crippen LogP contribution in [0.4, 0.5) is 4.39 Å². The van der Waals surface area contributed by atoms with E-state index in [1.165, 1.54) is 6.07 Å². The average molecular weight is 281 g/mol. The van der Waals surface area contributed by atoms with Gasteiger partial charge in [-0.05, 0) is 50.5 Å². The highest BCUT2D eigenvalue weighted by atomic mass is 19.1. The standard InChI is InChI=1S/C16H24FNO2/c1-2-18-9-7-13(8-10-18)14(11-19)12-20-16-6-4-3-5-15(16)17/h3-6,13-14,19H,2,7-12H2,1H3. The van der Waals surface area contributed by atoms with Crippen molar-refractivity contribution in [3.8, 4) is 5.75 Å². The number of halogens is 1. The fraction of sp³-hybridized carbons (Fsp3) is 0.625. The number of aliphatic hydroxyl groups excluding tert-OH is 1. The zero-order valence-electron chi connectivity index (χ0n) is 12.1. The smallest absolute Gasteiger partial charge is 0.165 e. The van der Waals surface area contributed by atoms with Gasteiger partial charge in [-0.3, -0.25) is 0 Å². The highest BCUT2D eigenvalue weighted by Gasteiger charge is 2.26. The normalized spacial score (nSPS) is 18.9. The van der Waals surface area contributed by atoms with E-state index in [4.69, 9.17) is 4.74 Å². The number of para-hydroxylation sites is 1.